The quantitative estimate of drug-likeness (QED) is 0.0882. The van der Waals surface area contributed by atoms with Crippen molar-refractivity contribution in [1.82, 2.24) is 0 Å². The fourth-order valence-electron chi connectivity index (χ4n) is 4.01. The summed E-state index contributed by atoms with van der Waals surface area (Å²) in [7, 11) is 0. The van der Waals surface area contributed by atoms with Crippen LogP contribution in [0.25, 0.3) is 0 Å². The lowest BCUT2D eigenvalue weighted by Gasteiger charge is -2.28. The van der Waals surface area contributed by atoms with Crippen molar-refractivity contribution < 1.29 is 52.7 Å². The largest absolute Gasteiger partial charge is 0.514 e. The highest BCUT2D eigenvalue weighted by Gasteiger charge is 2.37. The zero-order chi connectivity index (χ0) is 31.7. The van der Waals surface area contributed by atoms with E-state index in [1.165, 1.54) is 25.1 Å². The van der Waals surface area contributed by atoms with Gasteiger partial charge in [0.1, 0.15) is 17.4 Å². The molecule has 2 aromatic carbocycles. The number of carbonyl (C=O) groups excluding carboxylic acids is 3. The highest BCUT2D eigenvalue weighted by Crippen LogP contribution is 2.31. The van der Waals surface area contributed by atoms with Crippen LogP contribution in [0, 0.1) is 0 Å². The molecule has 0 radical (unpaired) electrons. The molecule has 2 rings (SSSR count). The lowest BCUT2D eigenvalue weighted by Crippen LogP contribution is -2.52. The van der Waals surface area contributed by atoms with E-state index < -0.39 is 36.1 Å². The highest BCUT2D eigenvalue weighted by molar-refractivity contribution is 5.79. The number of carboxylic acid groups (broad SMARTS) is 1. The van der Waals surface area contributed by atoms with E-state index in [0.717, 1.165) is 25.7 Å². The van der Waals surface area contributed by atoms with E-state index in [4.69, 9.17) is 34.2 Å². The number of carboxylic acids is 1. The monoisotopic (exact) mass is 603 g/mol. The summed E-state index contributed by atoms with van der Waals surface area (Å²) in [4.78, 5) is 49.0. The molecular weight excluding hydrogens is 562 g/mol. The molecule has 0 heterocycles. The molecule has 2 aromatic rings. The number of rotatable bonds is 17. The maximum Gasteiger partial charge on any atom is 0.514 e. The summed E-state index contributed by atoms with van der Waals surface area (Å²) in [5, 5.41) is 9.97. The van der Waals surface area contributed by atoms with E-state index in [0.29, 0.717) is 18.4 Å². The number of ether oxygens (including phenoxy) is 6. The minimum Gasteiger partial charge on any atom is -0.480 e. The number of hydrogen-bond acceptors (Lipinski definition) is 11. The number of unbranched alkanes of at least 4 members (excludes halogenated alkanes) is 4. The Kier molecular flexibility index (Phi) is 14.8. The zero-order valence-electron chi connectivity index (χ0n) is 24.9. The molecule has 0 aromatic heterocycles. The maximum atomic E-state index is 12.3. The molecule has 0 aliphatic carbocycles. The predicted molar refractivity (Wildman–Crippen MR) is 155 cm³/mol. The summed E-state index contributed by atoms with van der Waals surface area (Å²) in [6.45, 7) is 5.81. The van der Waals surface area contributed by atoms with Gasteiger partial charge in [0.25, 0.3) is 0 Å². The molecule has 3 N–H and O–H groups in total. The average molecular weight is 604 g/mol. The Morgan fingerprint density at radius 3 is 1.93 bits per heavy atom. The average Bonchev–Trinajstić information content (AvgIpc) is 2.95. The zero-order valence-corrected chi connectivity index (χ0v) is 24.9. The first-order valence-electron chi connectivity index (χ1n) is 14.3. The first-order chi connectivity index (χ1) is 20.6. The van der Waals surface area contributed by atoms with Crippen LogP contribution in [-0.2, 0) is 25.4 Å². The summed E-state index contributed by atoms with van der Waals surface area (Å²) in [5.74, 6) is -1.41. The molecule has 0 aliphatic heterocycles. The molecule has 0 saturated heterocycles. The molecule has 43 heavy (non-hydrogen) atoms. The van der Waals surface area contributed by atoms with Gasteiger partial charge < -0.3 is 39.3 Å². The van der Waals surface area contributed by atoms with Crippen LogP contribution in [0.5, 0.6) is 17.2 Å². The Morgan fingerprint density at radius 2 is 1.37 bits per heavy atom. The Morgan fingerprint density at radius 1 is 0.791 bits per heavy atom. The van der Waals surface area contributed by atoms with Gasteiger partial charge in [-0.2, -0.15) is 0 Å². The van der Waals surface area contributed by atoms with Gasteiger partial charge in [0.15, 0.2) is 11.5 Å². The van der Waals surface area contributed by atoms with E-state index >= 15 is 0 Å². The summed E-state index contributed by atoms with van der Waals surface area (Å²) in [6, 6.07) is 12.4. The molecule has 1 unspecified atom stereocenters. The summed E-state index contributed by atoms with van der Waals surface area (Å²) < 4.78 is 31.0. The number of carbonyl (C=O) groups is 4. The van der Waals surface area contributed by atoms with Crippen LogP contribution >= 0.6 is 0 Å². The predicted octanol–water partition coefficient (Wildman–Crippen LogP) is 6.42. The van der Waals surface area contributed by atoms with Crippen LogP contribution in [0.4, 0.5) is 14.4 Å². The van der Waals surface area contributed by atoms with Crippen molar-refractivity contribution in [2.24, 2.45) is 5.73 Å². The van der Waals surface area contributed by atoms with Gasteiger partial charge in [0, 0.05) is 12.8 Å². The number of aliphatic carboxylic acids is 1. The third kappa shape index (κ3) is 13.0. The smallest absolute Gasteiger partial charge is 0.480 e. The van der Waals surface area contributed by atoms with Crippen LogP contribution in [0.2, 0.25) is 0 Å². The van der Waals surface area contributed by atoms with Crippen LogP contribution < -0.4 is 19.9 Å². The van der Waals surface area contributed by atoms with Crippen LogP contribution in [-0.4, -0.2) is 54.4 Å². The molecular formula is C31H41NO11. The molecule has 2 atom stereocenters. The third-order valence-electron chi connectivity index (χ3n) is 6.17. The van der Waals surface area contributed by atoms with Crippen molar-refractivity contribution >= 4 is 24.4 Å². The summed E-state index contributed by atoms with van der Waals surface area (Å²) in [5.41, 5.74) is 4.71. The van der Waals surface area contributed by atoms with E-state index in [1.807, 2.05) is 13.8 Å². The topological polar surface area (TPSA) is 170 Å². The van der Waals surface area contributed by atoms with Gasteiger partial charge >= 0.3 is 24.4 Å². The first-order valence-corrected chi connectivity index (χ1v) is 14.3. The van der Waals surface area contributed by atoms with Gasteiger partial charge in [0.2, 0.25) is 0 Å². The number of nitrogens with two attached hydrogens (primary N) is 1. The van der Waals surface area contributed by atoms with Gasteiger partial charge in [-0.15, -0.1) is 0 Å². The van der Waals surface area contributed by atoms with E-state index in [-0.39, 0.29) is 43.3 Å². The van der Waals surface area contributed by atoms with Crippen molar-refractivity contribution in [3.05, 3.63) is 54.1 Å². The Balaban J connectivity index is 2.16. The highest BCUT2D eigenvalue weighted by atomic mass is 16.7. The van der Waals surface area contributed by atoms with Crippen molar-refractivity contribution in [2.45, 2.75) is 83.8 Å². The minimum atomic E-state index is -1.90. The molecule has 0 amide bonds. The molecule has 0 fully saturated rings. The second-order valence-electron chi connectivity index (χ2n) is 10.0. The molecule has 0 aliphatic rings. The van der Waals surface area contributed by atoms with Crippen molar-refractivity contribution in [3.63, 3.8) is 0 Å². The van der Waals surface area contributed by atoms with Crippen LogP contribution in [0.15, 0.2) is 48.5 Å². The molecule has 12 heteroatoms. The van der Waals surface area contributed by atoms with E-state index in [9.17, 15) is 24.3 Å². The lowest BCUT2D eigenvalue weighted by molar-refractivity contribution is -0.144. The Bertz CT molecular complexity index is 1190. The van der Waals surface area contributed by atoms with Gasteiger partial charge in [-0.05, 0) is 49.6 Å². The van der Waals surface area contributed by atoms with Gasteiger partial charge in [-0.25, -0.2) is 14.4 Å². The van der Waals surface area contributed by atoms with E-state index in [1.54, 1.807) is 30.3 Å². The molecule has 236 valence electrons. The molecule has 0 spiro atoms. The summed E-state index contributed by atoms with van der Waals surface area (Å²) in [6.07, 6.45) is 0.438. The Labute approximate surface area is 251 Å². The van der Waals surface area contributed by atoms with Crippen LogP contribution in [0.1, 0.15) is 71.3 Å². The molecule has 12 nitrogen and oxygen atoms in total. The van der Waals surface area contributed by atoms with Gasteiger partial charge in [-0.1, -0.05) is 63.8 Å². The normalized spacial score (nSPS) is 12.7. The Hall–Kier alpha value is -4.32. The van der Waals surface area contributed by atoms with Crippen molar-refractivity contribution in [1.29, 1.82) is 0 Å². The van der Waals surface area contributed by atoms with Crippen LogP contribution in [0.3, 0.4) is 0 Å². The standard InChI is InChI=1S/C31H41NO11/c1-4-6-11-17-38-28(35)42-25-16-15-23(19-26(25)43-29(36)39-18-12-7-5-2)21-31(32,27(33)34)20-22(3)40-30(37)41-24-13-9-8-10-14-24/h8-10,13-16,19,22H,4-7,11-12,17-18,20-21,32H2,1-3H3,(H,33,34)/t22-,31?/m0/s1. The first kappa shape index (κ1) is 34.9. The fourth-order valence-corrected chi connectivity index (χ4v) is 4.01. The minimum absolute atomic E-state index is 0.131. The summed E-state index contributed by atoms with van der Waals surface area (Å²) >= 11 is 0. The van der Waals surface area contributed by atoms with Crippen molar-refractivity contribution in [3.8, 4) is 17.2 Å². The number of benzene rings is 2. The third-order valence-corrected chi connectivity index (χ3v) is 6.17. The SMILES string of the molecule is CCCCCOC(=O)Oc1ccc(CC(N)(C[C@H](C)OC(=O)Oc2ccccc2)C(=O)O)cc1OC(=O)OCCCCC. The second-order valence-corrected chi connectivity index (χ2v) is 10.0. The molecule has 0 bridgehead atoms. The molecule has 0 saturated carbocycles. The van der Waals surface area contributed by atoms with E-state index in [2.05, 4.69) is 0 Å². The van der Waals surface area contributed by atoms with Gasteiger partial charge in [-0.3, -0.25) is 4.79 Å². The lowest BCUT2D eigenvalue weighted by atomic mass is 9.86. The fraction of sp³-hybridized carbons (Fsp3) is 0.484. The van der Waals surface area contributed by atoms with Gasteiger partial charge in [0.05, 0.1) is 13.2 Å². The number of para-hydroxylation sites is 1. The maximum absolute atomic E-state index is 12.3. The second kappa shape index (κ2) is 18.3. The van der Waals surface area contributed by atoms with Crippen molar-refractivity contribution in [2.75, 3.05) is 13.2 Å². The number of hydrogen-bond donors (Lipinski definition) is 2.